The van der Waals surface area contributed by atoms with Crippen molar-refractivity contribution in [3.05, 3.63) is 11.1 Å². The Hall–Kier alpha value is -0.773. The van der Waals surface area contributed by atoms with Gasteiger partial charge in [0, 0.05) is 7.05 Å². The first-order chi connectivity index (χ1) is 13.1. The van der Waals surface area contributed by atoms with E-state index in [1.807, 2.05) is 13.8 Å². The monoisotopic (exact) mass is 427 g/mol. The fourth-order valence-corrected chi connectivity index (χ4v) is 5.63. The van der Waals surface area contributed by atoms with Crippen LogP contribution in [0, 0.1) is 0 Å². The predicted octanol–water partition coefficient (Wildman–Crippen LogP) is 3.41. The SMILES string of the molecule is CON(C)C(=O)C1OCC2=C1C[C@@H](O[Si](C)(C)C(C)(C)C)[C@]1(C)OC(C)(C)O[C@H]21. The van der Waals surface area contributed by atoms with Gasteiger partial charge >= 0.3 is 0 Å². The van der Waals surface area contributed by atoms with E-state index in [9.17, 15) is 4.79 Å². The molecule has 0 N–H and O–H groups in total. The third-order valence-electron chi connectivity index (χ3n) is 6.94. The van der Waals surface area contributed by atoms with Crippen LogP contribution in [-0.4, -0.2) is 69.8 Å². The highest BCUT2D eigenvalue weighted by atomic mass is 28.4. The van der Waals surface area contributed by atoms with Crippen LogP contribution in [0.25, 0.3) is 0 Å². The lowest BCUT2D eigenvalue weighted by atomic mass is 9.76. The zero-order chi connectivity index (χ0) is 22.0. The van der Waals surface area contributed by atoms with E-state index in [1.54, 1.807) is 7.05 Å². The molecule has 3 aliphatic rings. The number of hydrogen-bond acceptors (Lipinski definition) is 6. The second kappa shape index (κ2) is 7.14. The average molecular weight is 428 g/mol. The maximum atomic E-state index is 12.8. The van der Waals surface area contributed by atoms with Gasteiger partial charge in [-0.2, -0.15) is 0 Å². The molecule has 0 radical (unpaired) electrons. The van der Waals surface area contributed by atoms with Crippen molar-refractivity contribution in [3.63, 3.8) is 0 Å². The fraction of sp³-hybridized carbons (Fsp3) is 0.857. The number of carbonyl (C=O) groups excluding carboxylic acids is 1. The van der Waals surface area contributed by atoms with Crippen molar-refractivity contribution in [1.29, 1.82) is 0 Å². The Morgan fingerprint density at radius 1 is 1.21 bits per heavy atom. The summed E-state index contributed by atoms with van der Waals surface area (Å²) >= 11 is 0. The smallest absolute Gasteiger partial charge is 0.279 e. The van der Waals surface area contributed by atoms with Crippen LogP contribution in [0.2, 0.25) is 18.1 Å². The third kappa shape index (κ3) is 3.83. The maximum absolute atomic E-state index is 12.8. The zero-order valence-electron chi connectivity index (χ0n) is 19.5. The lowest BCUT2D eigenvalue weighted by Crippen LogP contribution is -2.58. The topological polar surface area (TPSA) is 66.5 Å². The van der Waals surface area contributed by atoms with Gasteiger partial charge in [0.15, 0.2) is 20.2 Å². The summed E-state index contributed by atoms with van der Waals surface area (Å²) in [6.45, 7) is 17.4. The van der Waals surface area contributed by atoms with E-state index in [4.69, 9.17) is 23.5 Å². The number of amides is 1. The van der Waals surface area contributed by atoms with E-state index in [0.29, 0.717) is 13.0 Å². The lowest BCUT2D eigenvalue weighted by Gasteiger charge is -2.47. The van der Waals surface area contributed by atoms with E-state index < -0.39 is 25.8 Å². The first kappa shape index (κ1) is 22.9. The molecule has 166 valence electrons. The second-order valence-corrected chi connectivity index (χ2v) is 15.3. The Balaban J connectivity index is 2.00. The van der Waals surface area contributed by atoms with Crippen molar-refractivity contribution in [2.75, 3.05) is 20.8 Å². The molecule has 0 saturated carbocycles. The lowest BCUT2D eigenvalue weighted by molar-refractivity contribution is -0.180. The number of ether oxygens (including phenoxy) is 3. The molecule has 1 aliphatic carbocycles. The van der Waals surface area contributed by atoms with Gasteiger partial charge in [0.25, 0.3) is 5.91 Å². The molecule has 29 heavy (non-hydrogen) atoms. The number of rotatable bonds is 4. The third-order valence-corrected chi connectivity index (χ3v) is 11.4. The van der Waals surface area contributed by atoms with Gasteiger partial charge in [-0.05, 0) is 56.5 Å². The Labute approximate surface area is 175 Å². The molecule has 4 atom stereocenters. The number of carbonyl (C=O) groups is 1. The summed E-state index contributed by atoms with van der Waals surface area (Å²) in [6.07, 6.45) is -0.611. The molecule has 0 aromatic carbocycles. The van der Waals surface area contributed by atoms with Crippen LogP contribution in [0.4, 0.5) is 0 Å². The summed E-state index contributed by atoms with van der Waals surface area (Å²) in [5, 5.41) is 1.27. The van der Waals surface area contributed by atoms with Crippen LogP contribution >= 0.6 is 0 Å². The highest BCUT2D eigenvalue weighted by Gasteiger charge is 2.62. The average Bonchev–Trinajstić information content (AvgIpc) is 3.09. The van der Waals surface area contributed by atoms with Crippen molar-refractivity contribution in [2.45, 2.75) is 95.8 Å². The van der Waals surface area contributed by atoms with E-state index in [0.717, 1.165) is 11.1 Å². The van der Waals surface area contributed by atoms with Gasteiger partial charge < -0.3 is 18.6 Å². The predicted molar refractivity (Wildman–Crippen MR) is 112 cm³/mol. The minimum Gasteiger partial charge on any atom is -0.411 e. The second-order valence-electron chi connectivity index (χ2n) is 10.5. The van der Waals surface area contributed by atoms with Gasteiger partial charge in [-0.3, -0.25) is 9.63 Å². The first-order valence-corrected chi connectivity index (χ1v) is 13.2. The molecule has 1 amide bonds. The van der Waals surface area contributed by atoms with Crippen LogP contribution < -0.4 is 0 Å². The van der Waals surface area contributed by atoms with Gasteiger partial charge in [-0.1, -0.05) is 20.8 Å². The Morgan fingerprint density at radius 3 is 2.38 bits per heavy atom. The van der Waals surface area contributed by atoms with E-state index in [1.165, 1.54) is 12.2 Å². The molecular weight excluding hydrogens is 390 g/mol. The summed E-state index contributed by atoms with van der Waals surface area (Å²) in [4.78, 5) is 17.9. The first-order valence-electron chi connectivity index (χ1n) is 10.3. The zero-order valence-corrected chi connectivity index (χ0v) is 20.5. The molecule has 1 unspecified atom stereocenters. The van der Waals surface area contributed by atoms with Crippen LogP contribution in [0.3, 0.4) is 0 Å². The summed E-state index contributed by atoms with van der Waals surface area (Å²) in [7, 11) is 0.982. The number of hydroxylamine groups is 2. The van der Waals surface area contributed by atoms with E-state index in [2.05, 4.69) is 40.8 Å². The van der Waals surface area contributed by atoms with Crippen molar-refractivity contribution >= 4 is 14.2 Å². The molecule has 0 aromatic heterocycles. The molecule has 7 nitrogen and oxygen atoms in total. The molecule has 2 heterocycles. The standard InChI is InChI=1S/C21H37NO6Si/c1-19(2,3)29(9,10)27-15-11-13-14(12-25-16(13)18(23)22(7)24-8)17-21(15,6)28-20(4,5)26-17/h15-17H,11-12H2,1-10H3/t15-,16?,17-,21+/m1/s1. The van der Waals surface area contributed by atoms with Gasteiger partial charge in [-0.15, -0.1) is 0 Å². The Morgan fingerprint density at radius 2 is 1.83 bits per heavy atom. The number of fused-ring (bicyclic) bond motifs is 2. The van der Waals surface area contributed by atoms with Crippen molar-refractivity contribution < 1.29 is 28.3 Å². The number of likely N-dealkylation sites (N-methyl/N-ethyl adjacent to an activating group) is 1. The molecule has 2 aliphatic heterocycles. The highest BCUT2D eigenvalue weighted by molar-refractivity contribution is 6.74. The van der Waals surface area contributed by atoms with E-state index in [-0.39, 0.29) is 23.2 Å². The molecule has 0 aromatic rings. The summed E-state index contributed by atoms with van der Waals surface area (Å²) in [6, 6.07) is 0. The number of hydrogen-bond donors (Lipinski definition) is 0. The fourth-order valence-electron chi connectivity index (χ4n) is 4.25. The summed E-state index contributed by atoms with van der Waals surface area (Å²) < 4.78 is 25.6. The van der Waals surface area contributed by atoms with Crippen molar-refractivity contribution in [3.8, 4) is 0 Å². The van der Waals surface area contributed by atoms with Gasteiger partial charge in [0.2, 0.25) is 0 Å². The van der Waals surface area contributed by atoms with Crippen LogP contribution in [0.5, 0.6) is 0 Å². The van der Waals surface area contributed by atoms with E-state index >= 15 is 0 Å². The summed E-state index contributed by atoms with van der Waals surface area (Å²) in [5.41, 5.74) is 1.33. The summed E-state index contributed by atoms with van der Waals surface area (Å²) in [5.74, 6) is -0.951. The largest absolute Gasteiger partial charge is 0.411 e. The molecule has 8 heteroatoms. The molecule has 0 spiro atoms. The highest BCUT2D eigenvalue weighted by Crippen LogP contribution is 2.52. The van der Waals surface area contributed by atoms with Crippen molar-refractivity contribution in [1.82, 2.24) is 5.06 Å². The minimum absolute atomic E-state index is 0.0557. The van der Waals surface area contributed by atoms with Gasteiger partial charge in [0.05, 0.1) is 19.8 Å². The van der Waals surface area contributed by atoms with Crippen LogP contribution in [-0.2, 0) is 28.3 Å². The van der Waals surface area contributed by atoms with Gasteiger partial charge in [-0.25, -0.2) is 5.06 Å². The molecule has 0 bridgehead atoms. The molecule has 1 saturated heterocycles. The maximum Gasteiger partial charge on any atom is 0.279 e. The van der Waals surface area contributed by atoms with Crippen molar-refractivity contribution in [2.24, 2.45) is 0 Å². The van der Waals surface area contributed by atoms with Crippen LogP contribution in [0.1, 0.15) is 48.0 Å². The molecule has 1 fully saturated rings. The normalized spacial score (nSPS) is 34.2. The van der Waals surface area contributed by atoms with Crippen LogP contribution in [0.15, 0.2) is 11.1 Å². The Bertz CT molecular complexity index is 712. The quantitative estimate of drug-likeness (QED) is 0.389. The minimum atomic E-state index is -2.09. The molecule has 3 rings (SSSR count). The number of nitrogens with zero attached hydrogens (tertiary/aromatic N) is 1. The molecular formula is C21H37NO6Si. The Kier molecular flexibility index (Phi) is 5.64. The van der Waals surface area contributed by atoms with Gasteiger partial charge in [0.1, 0.15) is 11.7 Å².